The number of nitrogens with one attached hydrogen (secondary N) is 1. The van der Waals surface area contributed by atoms with Gasteiger partial charge in [-0.1, -0.05) is 24.2 Å². The Balaban J connectivity index is 1.56. The summed E-state index contributed by atoms with van der Waals surface area (Å²) >= 11 is 7.45. The summed E-state index contributed by atoms with van der Waals surface area (Å²) in [6, 6.07) is 11.9. The van der Waals surface area contributed by atoms with Gasteiger partial charge in [0.2, 0.25) is 0 Å². The van der Waals surface area contributed by atoms with Gasteiger partial charge in [0, 0.05) is 30.4 Å². The number of pyridine rings is 1. The summed E-state index contributed by atoms with van der Waals surface area (Å²) in [6.45, 7) is 4.00. The van der Waals surface area contributed by atoms with Gasteiger partial charge in [-0.25, -0.2) is 8.78 Å². The normalized spacial score (nSPS) is 17.0. The average molecular weight is 597 g/mol. The number of methoxy groups -OCH3 is 1. The number of benzene rings is 2. The number of nitrogens with two attached hydrogens (primary N) is 1. The zero-order chi connectivity index (χ0) is 29.3. The van der Waals surface area contributed by atoms with Gasteiger partial charge < -0.3 is 20.7 Å². The average Bonchev–Trinajstić information content (AvgIpc) is 3.35. The van der Waals surface area contributed by atoms with Gasteiger partial charge >= 0.3 is 0 Å². The van der Waals surface area contributed by atoms with Crippen molar-refractivity contribution in [3.63, 3.8) is 0 Å². The third kappa shape index (κ3) is 5.80. The van der Waals surface area contributed by atoms with Gasteiger partial charge in [-0.3, -0.25) is 9.78 Å². The zero-order valence-corrected chi connectivity index (χ0v) is 24.4. The summed E-state index contributed by atoms with van der Waals surface area (Å²) in [6.07, 6.45) is 5.01. The number of hydrogen-bond acceptors (Lipinski definition) is 6. The van der Waals surface area contributed by atoms with E-state index in [1.807, 2.05) is 37.4 Å². The molecule has 0 bridgehead atoms. The first-order valence-electron chi connectivity index (χ1n) is 13.3. The molecule has 1 fully saturated rings. The molecule has 5 rings (SSSR count). The number of amides is 1. The molecule has 0 saturated heterocycles. The van der Waals surface area contributed by atoms with Crippen LogP contribution in [0.1, 0.15) is 46.6 Å². The van der Waals surface area contributed by atoms with Crippen LogP contribution in [0.4, 0.5) is 8.78 Å². The maximum absolute atomic E-state index is 14.7. The maximum atomic E-state index is 14.7. The van der Waals surface area contributed by atoms with E-state index in [-0.39, 0.29) is 38.5 Å². The van der Waals surface area contributed by atoms with Crippen LogP contribution >= 0.6 is 22.9 Å². The van der Waals surface area contributed by atoms with Crippen LogP contribution < -0.4 is 15.8 Å². The molecule has 41 heavy (non-hydrogen) atoms. The third-order valence-corrected chi connectivity index (χ3v) is 9.40. The molecule has 1 aliphatic rings. The number of halogens is 3. The van der Waals surface area contributed by atoms with Gasteiger partial charge in [-0.15, -0.1) is 11.3 Å². The number of ether oxygens (including phenoxy) is 1. The molecular formula is C31H31ClF2N4O2S. The van der Waals surface area contributed by atoms with Gasteiger partial charge in [0.1, 0.15) is 22.3 Å². The molecule has 6 nitrogen and oxygen atoms in total. The lowest BCUT2D eigenvalue weighted by Gasteiger charge is -2.37. The highest BCUT2D eigenvalue weighted by molar-refractivity contribution is 7.21. The van der Waals surface area contributed by atoms with Crippen LogP contribution in [0.25, 0.3) is 26.9 Å². The molecular weight excluding hydrogens is 566 g/mol. The number of nitrogens with zero attached hydrogens (tertiary/aromatic N) is 2. The number of thiophene rings is 1. The van der Waals surface area contributed by atoms with E-state index < -0.39 is 11.6 Å². The standard InChI is InChI=1S/C31H31ClF2N4O2S/c1-17(35)25-15-19(12-13-37-25)18-4-11-26(40-3)20(14-18)16-38(22-7-5-21(36-2)6-8-22)31(39)30-28(32)27-23(33)9-10-24(34)29(27)41-30/h4,9-15,21-22,36H,1,5-8,16,35H2,2-3H3. The Morgan fingerprint density at radius 3 is 2.51 bits per heavy atom. The van der Waals surface area contributed by atoms with Gasteiger partial charge in [-0.2, -0.15) is 0 Å². The van der Waals surface area contributed by atoms with E-state index in [2.05, 4.69) is 16.9 Å². The summed E-state index contributed by atoms with van der Waals surface area (Å²) < 4.78 is 35.0. The lowest BCUT2D eigenvalue weighted by molar-refractivity contribution is 0.0604. The Morgan fingerprint density at radius 2 is 1.85 bits per heavy atom. The second kappa shape index (κ2) is 12.1. The molecule has 0 unspecified atom stereocenters. The fourth-order valence-electron chi connectivity index (χ4n) is 5.46. The minimum Gasteiger partial charge on any atom is -0.496 e. The largest absolute Gasteiger partial charge is 0.496 e. The van der Waals surface area contributed by atoms with Crippen molar-refractivity contribution in [3.05, 3.63) is 88.0 Å². The molecule has 214 valence electrons. The topological polar surface area (TPSA) is 80.5 Å². The van der Waals surface area contributed by atoms with Crippen LogP contribution in [0.15, 0.2) is 55.2 Å². The summed E-state index contributed by atoms with van der Waals surface area (Å²) in [5, 5.41) is 3.20. The third-order valence-electron chi connectivity index (χ3n) is 7.73. The fourth-order valence-corrected chi connectivity index (χ4v) is 6.96. The smallest absolute Gasteiger partial charge is 0.266 e. The highest BCUT2D eigenvalue weighted by atomic mass is 35.5. The molecule has 0 aliphatic heterocycles. The van der Waals surface area contributed by atoms with Crippen molar-refractivity contribution in [3.8, 4) is 16.9 Å². The summed E-state index contributed by atoms with van der Waals surface area (Å²) in [7, 11) is 3.52. The van der Waals surface area contributed by atoms with Crippen molar-refractivity contribution >= 4 is 44.6 Å². The molecule has 1 aliphatic carbocycles. The fraction of sp³-hybridized carbons (Fsp3) is 0.290. The van der Waals surface area contributed by atoms with Crippen molar-refractivity contribution < 1.29 is 18.3 Å². The SMILES string of the molecule is C=C(N)c1cc(-c2ccc(OC)c(CN(C(=O)c3sc4c(F)ccc(F)c4c3Cl)C3CCC(NC)CC3)c2)ccn1. The minimum atomic E-state index is -0.658. The number of carbonyl (C=O) groups excluding carboxylic acids is 1. The Hall–Kier alpha value is -3.53. The monoisotopic (exact) mass is 596 g/mol. The van der Waals surface area contributed by atoms with Crippen LogP contribution in [0.3, 0.4) is 0 Å². The van der Waals surface area contributed by atoms with E-state index in [9.17, 15) is 13.6 Å². The Labute approximate surface area is 246 Å². The number of hydrogen-bond donors (Lipinski definition) is 2. The molecule has 1 saturated carbocycles. The van der Waals surface area contributed by atoms with Crippen molar-refractivity contribution in [1.29, 1.82) is 0 Å². The highest BCUT2D eigenvalue weighted by Gasteiger charge is 2.33. The molecule has 2 aromatic heterocycles. The molecule has 3 N–H and O–H groups in total. The number of fused-ring (bicyclic) bond motifs is 1. The molecule has 0 atom stereocenters. The predicted octanol–water partition coefficient (Wildman–Crippen LogP) is 7.01. The van der Waals surface area contributed by atoms with Crippen molar-refractivity contribution in [2.45, 2.75) is 44.3 Å². The van der Waals surface area contributed by atoms with E-state index >= 15 is 0 Å². The van der Waals surface area contributed by atoms with E-state index in [1.54, 1.807) is 18.2 Å². The van der Waals surface area contributed by atoms with Crippen LogP contribution in [0.2, 0.25) is 5.02 Å². The van der Waals surface area contributed by atoms with Crippen LogP contribution in [0.5, 0.6) is 5.75 Å². The molecule has 10 heteroatoms. The number of aromatic nitrogens is 1. The first-order chi connectivity index (χ1) is 19.7. The lowest BCUT2D eigenvalue weighted by Crippen LogP contribution is -2.44. The second-order valence-corrected chi connectivity index (χ2v) is 11.6. The van der Waals surface area contributed by atoms with Crippen LogP contribution in [0, 0.1) is 11.6 Å². The van der Waals surface area contributed by atoms with E-state index in [4.69, 9.17) is 22.1 Å². The molecule has 0 spiro atoms. The molecule has 2 heterocycles. The minimum absolute atomic E-state index is 0.0340. The predicted molar refractivity (Wildman–Crippen MR) is 161 cm³/mol. The first-order valence-corrected chi connectivity index (χ1v) is 14.5. The van der Waals surface area contributed by atoms with Crippen molar-refractivity contribution in [2.75, 3.05) is 14.2 Å². The van der Waals surface area contributed by atoms with Gasteiger partial charge in [0.05, 0.1) is 33.6 Å². The summed E-state index contributed by atoms with van der Waals surface area (Å²) in [5.74, 6) is -1.01. The number of carbonyl (C=O) groups is 1. The molecule has 4 aromatic rings. The van der Waals surface area contributed by atoms with Crippen molar-refractivity contribution in [1.82, 2.24) is 15.2 Å². The zero-order valence-electron chi connectivity index (χ0n) is 22.8. The quantitative estimate of drug-likeness (QED) is 0.229. The van der Waals surface area contributed by atoms with E-state index in [0.29, 0.717) is 23.2 Å². The summed E-state index contributed by atoms with van der Waals surface area (Å²) in [4.78, 5) is 20.4. The Kier molecular flexibility index (Phi) is 8.58. The maximum Gasteiger partial charge on any atom is 0.266 e. The van der Waals surface area contributed by atoms with Gasteiger partial charge in [-0.05, 0) is 80.3 Å². The van der Waals surface area contributed by atoms with Crippen LogP contribution in [-0.2, 0) is 6.54 Å². The molecule has 1 amide bonds. The summed E-state index contributed by atoms with van der Waals surface area (Å²) in [5.41, 5.74) is 9.37. The molecule has 0 radical (unpaired) electrons. The van der Waals surface area contributed by atoms with E-state index in [1.165, 1.54) is 0 Å². The van der Waals surface area contributed by atoms with Crippen LogP contribution in [-0.4, -0.2) is 42.0 Å². The van der Waals surface area contributed by atoms with Gasteiger partial charge in [0.15, 0.2) is 0 Å². The highest BCUT2D eigenvalue weighted by Crippen LogP contribution is 2.40. The Bertz CT molecular complexity index is 1620. The second-order valence-electron chi connectivity index (χ2n) is 10.2. The lowest BCUT2D eigenvalue weighted by atomic mass is 9.89. The van der Waals surface area contributed by atoms with E-state index in [0.717, 1.165) is 65.8 Å². The van der Waals surface area contributed by atoms with Crippen molar-refractivity contribution in [2.24, 2.45) is 5.73 Å². The molecule has 2 aromatic carbocycles. The Morgan fingerprint density at radius 1 is 1.15 bits per heavy atom. The first kappa shape index (κ1) is 29.0. The number of rotatable bonds is 8. The van der Waals surface area contributed by atoms with Gasteiger partial charge in [0.25, 0.3) is 5.91 Å².